The number of thioether (sulfide) groups is 1. The minimum atomic E-state index is -0.472. The summed E-state index contributed by atoms with van der Waals surface area (Å²) in [6.45, 7) is 0.905. The van der Waals surface area contributed by atoms with Gasteiger partial charge in [-0.3, -0.25) is 14.4 Å². The molecule has 1 amide bonds. The van der Waals surface area contributed by atoms with Gasteiger partial charge in [-0.1, -0.05) is 6.07 Å². The van der Waals surface area contributed by atoms with Crippen LogP contribution in [0, 0.1) is 0 Å². The van der Waals surface area contributed by atoms with Crippen molar-refractivity contribution in [1.82, 2.24) is 0 Å². The number of aromatic hydroxyl groups is 1. The van der Waals surface area contributed by atoms with Gasteiger partial charge in [0, 0.05) is 17.4 Å². The van der Waals surface area contributed by atoms with Crippen LogP contribution in [0.1, 0.15) is 34.8 Å². The summed E-state index contributed by atoms with van der Waals surface area (Å²) in [5, 5.41) is 12.1. The lowest BCUT2D eigenvalue weighted by atomic mass is 10.1. The van der Waals surface area contributed by atoms with Crippen LogP contribution < -0.4 is 5.32 Å². The minimum absolute atomic E-state index is 0.124. The normalized spacial score (nSPS) is 12.3. The summed E-state index contributed by atoms with van der Waals surface area (Å²) >= 11 is 1.39. The summed E-state index contributed by atoms with van der Waals surface area (Å²) in [5.41, 5.74) is 3.10. The molecule has 3 rings (SSSR count). The van der Waals surface area contributed by atoms with Crippen LogP contribution in [0.2, 0.25) is 0 Å². The number of esters is 1. The van der Waals surface area contributed by atoms with E-state index in [0.29, 0.717) is 0 Å². The quantitative estimate of drug-likeness (QED) is 0.321. The monoisotopic (exact) mass is 399 g/mol. The predicted molar refractivity (Wildman–Crippen MR) is 107 cm³/mol. The fraction of sp³-hybridized carbons (Fsp3) is 0.286. The van der Waals surface area contributed by atoms with Crippen molar-refractivity contribution in [2.24, 2.45) is 0 Å². The van der Waals surface area contributed by atoms with Crippen molar-refractivity contribution in [3.05, 3.63) is 53.1 Å². The molecule has 1 aliphatic rings. The van der Waals surface area contributed by atoms with Crippen LogP contribution in [0.3, 0.4) is 0 Å². The van der Waals surface area contributed by atoms with Crippen molar-refractivity contribution >= 4 is 35.1 Å². The number of ketones is 1. The smallest absolute Gasteiger partial charge is 0.316 e. The highest BCUT2D eigenvalue weighted by Crippen LogP contribution is 2.28. The molecule has 2 N–H and O–H groups in total. The van der Waals surface area contributed by atoms with E-state index in [9.17, 15) is 19.5 Å². The second-order valence-electron chi connectivity index (χ2n) is 6.57. The third-order valence-corrected chi connectivity index (χ3v) is 5.39. The Morgan fingerprint density at radius 2 is 1.89 bits per heavy atom. The molecule has 0 atom stereocenters. The topological polar surface area (TPSA) is 92.7 Å². The van der Waals surface area contributed by atoms with Gasteiger partial charge in [-0.25, -0.2) is 0 Å². The molecule has 0 spiro atoms. The zero-order chi connectivity index (χ0) is 20.1. The van der Waals surface area contributed by atoms with E-state index < -0.39 is 18.4 Å². The number of benzene rings is 2. The Labute approximate surface area is 167 Å². The molecule has 7 heteroatoms. The summed E-state index contributed by atoms with van der Waals surface area (Å²) in [4.78, 5) is 36.3. The maximum Gasteiger partial charge on any atom is 0.316 e. The number of nitrogens with one attached hydrogen (secondary N) is 1. The average molecular weight is 399 g/mol. The van der Waals surface area contributed by atoms with Crippen molar-refractivity contribution in [3.8, 4) is 5.75 Å². The molecule has 0 bridgehead atoms. The minimum Gasteiger partial charge on any atom is -0.506 e. The number of fused-ring (bicyclic) bond motifs is 1. The van der Waals surface area contributed by atoms with Gasteiger partial charge in [-0.2, -0.15) is 0 Å². The van der Waals surface area contributed by atoms with E-state index in [1.165, 1.54) is 54.4 Å². The molecule has 0 heterocycles. The average Bonchev–Trinajstić information content (AvgIpc) is 3.13. The first-order chi connectivity index (χ1) is 13.4. The first-order valence-corrected chi connectivity index (χ1v) is 9.95. The van der Waals surface area contributed by atoms with Crippen molar-refractivity contribution in [3.63, 3.8) is 0 Å². The van der Waals surface area contributed by atoms with Gasteiger partial charge in [0.15, 0.2) is 12.4 Å². The molecule has 1 aliphatic carbocycles. The standard InChI is InChI=1S/C21H21NO5S/c1-13(23)22-18-10-16(6-8-19(18)24)20(25)11-27-21(26)12-28-17-7-5-14-3-2-4-15(14)9-17/h5-10,24H,2-4,11-12H2,1H3,(H,22,23). The number of ether oxygens (including phenoxy) is 1. The van der Waals surface area contributed by atoms with E-state index in [1.807, 2.05) is 6.07 Å². The Bertz CT molecular complexity index is 925. The zero-order valence-corrected chi connectivity index (χ0v) is 16.3. The predicted octanol–water partition coefficient (Wildman–Crippen LogP) is 3.36. The highest BCUT2D eigenvalue weighted by Gasteiger charge is 2.14. The SMILES string of the molecule is CC(=O)Nc1cc(C(=O)COC(=O)CSc2ccc3c(c2)CCC3)ccc1O. The summed E-state index contributed by atoms with van der Waals surface area (Å²) in [6, 6.07) is 10.3. The Kier molecular flexibility index (Phi) is 6.36. The lowest BCUT2D eigenvalue weighted by Gasteiger charge is -2.08. The Balaban J connectivity index is 1.50. The number of carbonyl (C=O) groups is 3. The van der Waals surface area contributed by atoms with E-state index in [0.717, 1.165) is 17.7 Å². The molecular weight excluding hydrogens is 378 g/mol. The second kappa shape index (κ2) is 8.93. The van der Waals surface area contributed by atoms with E-state index in [1.54, 1.807) is 0 Å². The number of phenolic OH excluding ortho intramolecular Hbond substituents is 1. The van der Waals surface area contributed by atoms with E-state index in [4.69, 9.17) is 4.74 Å². The van der Waals surface area contributed by atoms with Gasteiger partial charge in [-0.15, -0.1) is 11.8 Å². The van der Waals surface area contributed by atoms with Gasteiger partial charge in [-0.05, 0) is 60.7 Å². The van der Waals surface area contributed by atoms with Crippen LogP contribution in [-0.4, -0.2) is 35.1 Å². The fourth-order valence-corrected chi connectivity index (χ4v) is 3.81. The van der Waals surface area contributed by atoms with Gasteiger partial charge in [0.05, 0.1) is 11.4 Å². The largest absolute Gasteiger partial charge is 0.506 e. The molecule has 0 saturated heterocycles. The number of rotatable bonds is 7. The number of carbonyl (C=O) groups excluding carboxylic acids is 3. The maximum atomic E-state index is 12.2. The number of hydrogen-bond donors (Lipinski definition) is 2. The number of Topliss-reactive ketones (excluding diaryl/α,β-unsaturated/α-hetero) is 1. The van der Waals surface area contributed by atoms with Crippen LogP contribution >= 0.6 is 11.8 Å². The van der Waals surface area contributed by atoms with E-state index in [2.05, 4.69) is 17.4 Å². The highest BCUT2D eigenvalue weighted by atomic mass is 32.2. The van der Waals surface area contributed by atoms with Crippen molar-refractivity contribution in [2.75, 3.05) is 17.7 Å². The van der Waals surface area contributed by atoms with Crippen molar-refractivity contribution in [2.45, 2.75) is 31.1 Å². The molecule has 0 aliphatic heterocycles. The number of amides is 1. The molecule has 6 nitrogen and oxygen atoms in total. The highest BCUT2D eigenvalue weighted by molar-refractivity contribution is 8.00. The van der Waals surface area contributed by atoms with Gasteiger partial charge in [0.25, 0.3) is 0 Å². The summed E-state index contributed by atoms with van der Waals surface area (Å²) < 4.78 is 5.06. The van der Waals surface area contributed by atoms with E-state index in [-0.39, 0.29) is 28.7 Å². The Morgan fingerprint density at radius 3 is 2.68 bits per heavy atom. The molecule has 0 fully saturated rings. The maximum absolute atomic E-state index is 12.2. The zero-order valence-electron chi connectivity index (χ0n) is 15.5. The van der Waals surface area contributed by atoms with E-state index >= 15 is 0 Å². The Hall–Kier alpha value is -2.80. The van der Waals surface area contributed by atoms with Gasteiger partial charge in [0.1, 0.15) is 5.75 Å². The van der Waals surface area contributed by atoms with Crippen LogP contribution in [0.4, 0.5) is 5.69 Å². The first kappa shape index (κ1) is 19.9. The van der Waals surface area contributed by atoms with Crippen molar-refractivity contribution in [1.29, 1.82) is 0 Å². The summed E-state index contributed by atoms with van der Waals surface area (Å²) in [6.07, 6.45) is 3.37. The number of aryl methyl sites for hydroxylation is 2. The first-order valence-electron chi connectivity index (χ1n) is 8.96. The number of hydrogen-bond acceptors (Lipinski definition) is 6. The molecule has 2 aromatic rings. The molecule has 146 valence electrons. The van der Waals surface area contributed by atoms with Crippen LogP contribution in [0.25, 0.3) is 0 Å². The van der Waals surface area contributed by atoms with Crippen LogP contribution in [0.15, 0.2) is 41.3 Å². The van der Waals surface area contributed by atoms with Gasteiger partial charge in [0.2, 0.25) is 5.91 Å². The third kappa shape index (κ3) is 5.13. The second-order valence-corrected chi connectivity index (χ2v) is 7.62. The molecule has 2 aromatic carbocycles. The number of anilines is 1. The van der Waals surface area contributed by atoms with Crippen molar-refractivity contribution < 1.29 is 24.2 Å². The van der Waals surface area contributed by atoms with Gasteiger partial charge >= 0.3 is 5.97 Å². The molecule has 0 saturated carbocycles. The summed E-state index contributed by atoms with van der Waals surface area (Å²) in [5.74, 6) is -1.27. The molecule has 0 unspecified atom stereocenters. The number of phenols is 1. The summed E-state index contributed by atoms with van der Waals surface area (Å²) in [7, 11) is 0. The molecule has 28 heavy (non-hydrogen) atoms. The molecule has 0 radical (unpaired) electrons. The lowest BCUT2D eigenvalue weighted by Crippen LogP contribution is -2.16. The third-order valence-electron chi connectivity index (χ3n) is 4.42. The Morgan fingerprint density at radius 1 is 1.11 bits per heavy atom. The van der Waals surface area contributed by atoms with Crippen LogP contribution in [-0.2, 0) is 27.2 Å². The fourth-order valence-electron chi connectivity index (χ4n) is 3.05. The lowest BCUT2D eigenvalue weighted by molar-refractivity contribution is -0.139. The van der Waals surface area contributed by atoms with Gasteiger partial charge < -0.3 is 15.2 Å². The van der Waals surface area contributed by atoms with Crippen LogP contribution in [0.5, 0.6) is 5.75 Å². The molecular formula is C21H21NO5S. The molecule has 0 aromatic heterocycles.